The zero-order chi connectivity index (χ0) is 17.3. The number of hydrogen-bond donors (Lipinski definition) is 1. The summed E-state index contributed by atoms with van der Waals surface area (Å²) in [5.74, 6) is -1.08. The molecule has 1 fully saturated rings. The summed E-state index contributed by atoms with van der Waals surface area (Å²) < 4.78 is 0. The van der Waals surface area contributed by atoms with E-state index in [4.69, 9.17) is 11.6 Å². The first-order valence-electron chi connectivity index (χ1n) is 7.63. The Balaban J connectivity index is 1.80. The fourth-order valence-electron chi connectivity index (χ4n) is 2.88. The van der Waals surface area contributed by atoms with Gasteiger partial charge in [-0.3, -0.25) is 9.59 Å². The number of carbonyl (C=O) groups excluding carboxylic acids is 1. The maximum Gasteiger partial charge on any atom is 0.311 e. The van der Waals surface area contributed by atoms with Gasteiger partial charge in [0, 0.05) is 29.1 Å². The molecule has 3 rings (SSSR count). The van der Waals surface area contributed by atoms with Crippen LogP contribution in [0.3, 0.4) is 0 Å². The number of halogens is 1. The second kappa shape index (κ2) is 6.53. The molecule has 7 heteroatoms. The van der Waals surface area contributed by atoms with Gasteiger partial charge in [-0.15, -0.1) is 11.3 Å². The first kappa shape index (κ1) is 16.9. The van der Waals surface area contributed by atoms with Crippen molar-refractivity contribution in [3.63, 3.8) is 0 Å². The van der Waals surface area contributed by atoms with Crippen LogP contribution >= 0.6 is 22.9 Å². The van der Waals surface area contributed by atoms with E-state index in [9.17, 15) is 14.7 Å². The summed E-state index contributed by atoms with van der Waals surface area (Å²) in [6, 6.07) is 7.31. The van der Waals surface area contributed by atoms with Gasteiger partial charge in [-0.2, -0.15) is 0 Å². The maximum atomic E-state index is 12.7. The van der Waals surface area contributed by atoms with Crippen LogP contribution in [0.15, 0.2) is 29.6 Å². The number of amides is 1. The Morgan fingerprint density at radius 1 is 1.42 bits per heavy atom. The number of nitrogens with zero attached hydrogens (tertiary/aromatic N) is 2. The minimum absolute atomic E-state index is 0.213. The molecule has 1 N–H and O–H groups in total. The molecule has 1 amide bonds. The van der Waals surface area contributed by atoms with Gasteiger partial charge in [-0.1, -0.05) is 23.7 Å². The minimum Gasteiger partial charge on any atom is -0.481 e. The van der Waals surface area contributed by atoms with E-state index in [2.05, 4.69) is 4.98 Å². The Kier molecular flexibility index (Phi) is 4.60. The number of carboxylic acid groups (broad SMARTS) is 1. The van der Waals surface area contributed by atoms with Gasteiger partial charge in [0.25, 0.3) is 5.91 Å². The molecule has 1 saturated heterocycles. The topological polar surface area (TPSA) is 70.5 Å². The molecule has 5 nitrogen and oxygen atoms in total. The second-order valence-corrected chi connectivity index (χ2v) is 7.54. The number of hydrogen-bond acceptors (Lipinski definition) is 4. The SMILES string of the molecule is CC1(C(=O)O)CCCN(C(=O)c2csc(-c3cccc(Cl)c3)n2)C1. The number of carbonyl (C=O) groups is 2. The van der Waals surface area contributed by atoms with Crippen LogP contribution in [0.1, 0.15) is 30.3 Å². The summed E-state index contributed by atoms with van der Waals surface area (Å²) in [7, 11) is 0. The van der Waals surface area contributed by atoms with Crippen molar-refractivity contribution in [1.82, 2.24) is 9.88 Å². The number of aliphatic carboxylic acids is 1. The van der Waals surface area contributed by atoms with Crippen LogP contribution in [0.25, 0.3) is 10.6 Å². The smallest absolute Gasteiger partial charge is 0.311 e. The van der Waals surface area contributed by atoms with Crippen molar-refractivity contribution >= 4 is 34.8 Å². The molecule has 0 saturated carbocycles. The molecular weight excluding hydrogens is 348 g/mol. The number of likely N-dealkylation sites (tertiary alicyclic amines) is 1. The highest BCUT2D eigenvalue weighted by molar-refractivity contribution is 7.13. The largest absolute Gasteiger partial charge is 0.481 e. The number of carboxylic acids is 1. The molecule has 1 aliphatic rings. The number of rotatable bonds is 3. The number of aromatic nitrogens is 1. The third-order valence-corrected chi connectivity index (χ3v) is 5.42. The molecule has 0 spiro atoms. The third-order valence-electron chi connectivity index (χ3n) is 4.29. The van der Waals surface area contributed by atoms with Crippen molar-refractivity contribution < 1.29 is 14.7 Å². The van der Waals surface area contributed by atoms with Gasteiger partial charge in [0.2, 0.25) is 0 Å². The maximum absolute atomic E-state index is 12.7. The Morgan fingerprint density at radius 2 is 2.21 bits per heavy atom. The van der Waals surface area contributed by atoms with Crippen LogP contribution in [-0.2, 0) is 4.79 Å². The predicted octanol–water partition coefficient (Wildman–Crippen LogP) is 3.79. The lowest BCUT2D eigenvalue weighted by atomic mass is 9.82. The summed E-state index contributed by atoms with van der Waals surface area (Å²) in [6.07, 6.45) is 1.26. The van der Waals surface area contributed by atoms with Crippen LogP contribution in [0.4, 0.5) is 0 Å². The van der Waals surface area contributed by atoms with Crippen molar-refractivity contribution in [1.29, 1.82) is 0 Å². The molecule has 1 aliphatic heterocycles. The first-order chi connectivity index (χ1) is 11.4. The molecule has 2 heterocycles. The monoisotopic (exact) mass is 364 g/mol. The average molecular weight is 365 g/mol. The fourth-order valence-corrected chi connectivity index (χ4v) is 3.86. The van der Waals surface area contributed by atoms with Crippen LogP contribution < -0.4 is 0 Å². The van der Waals surface area contributed by atoms with E-state index < -0.39 is 11.4 Å². The normalized spacial score (nSPS) is 20.8. The Morgan fingerprint density at radius 3 is 2.92 bits per heavy atom. The van der Waals surface area contributed by atoms with Gasteiger partial charge in [0.05, 0.1) is 5.41 Å². The van der Waals surface area contributed by atoms with Gasteiger partial charge in [-0.25, -0.2) is 4.98 Å². The van der Waals surface area contributed by atoms with Crippen LogP contribution in [0.5, 0.6) is 0 Å². The molecular formula is C17H17ClN2O3S. The van der Waals surface area contributed by atoms with Gasteiger partial charge < -0.3 is 10.0 Å². The minimum atomic E-state index is -0.889. The van der Waals surface area contributed by atoms with Crippen molar-refractivity contribution in [2.75, 3.05) is 13.1 Å². The molecule has 1 aromatic heterocycles. The number of benzene rings is 1. The molecule has 0 bridgehead atoms. The molecule has 126 valence electrons. The molecule has 0 aliphatic carbocycles. The highest BCUT2D eigenvalue weighted by Crippen LogP contribution is 2.31. The van der Waals surface area contributed by atoms with Gasteiger partial charge >= 0.3 is 5.97 Å². The lowest BCUT2D eigenvalue weighted by Gasteiger charge is -2.37. The molecule has 24 heavy (non-hydrogen) atoms. The van der Waals surface area contributed by atoms with Crippen molar-refractivity contribution in [2.45, 2.75) is 19.8 Å². The van der Waals surface area contributed by atoms with Crippen LogP contribution in [-0.4, -0.2) is 40.0 Å². The number of thiazole rings is 1. The Hall–Kier alpha value is -1.92. The fraction of sp³-hybridized carbons (Fsp3) is 0.353. The lowest BCUT2D eigenvalue weighted by molar-refractivity contribution is -0.150. The van der Waals surface area contributed by atoms with Crippen molar-refractivity contribution in [3.05, 3.63) is 40.4 Å². The summed E-state index contributed by atoms with van der Waals surface area (Å²) >= 11 is 7.37. The second-order valence-electron chi connectivity index (χ2n) is 6.24. The molecule has 0 radical (unpaired) electrons. The van der Waals surface area contributed by atoms with E-state index in [0.717, 1.165) is 10.6 Å². The molecule has 1 atom stereocenters. The van der Waals surface area contributed by atoms with E-state index in [1.54, 1.807) is 29.3 Å². The van der Waals surface area contributed by atoms with Crippen LogP contribution in [0, 0.1) is 5.41 Å². The van der Waals surface area contributed by atoms with Crippen LogP contribution in [0.2, 0.25) is 5.02 Å². The zero-order valence-electron chi connectivity index (χ0n) is 13.2. The van der Waals surface area contributed by atoms with E-state index in [1.165, 1.54) is 11.3 Å². The summed E-state index contributed by atoms with van der Waals surface area (Å²) in [5.41, 5.74) is 0.324. The molecule has 2 aromatic rings. The van der Waals surface area contributed by atoms with Gasteiger partial charge in [0.1, 0.15) is 10.7 Å². The number of piperidine rings is 1. The zero-order valence-corrected chi connectivity index (χ0v) is 14.7. The van der Waals surface area contributed by atoms with Crippen molar-refractivity contribution in [3.8, 4) is 10.6 Å². The Bertz CT molecular complexity index is 792. The predicted molar refractivity (Wildman–Crippen MR) is 93.4 cm³/mol. The van der Waals surface area contributed by atoms with E-state index >= 15 is 0 Å². The standard InChI is InChI=1S/C17H17ClN2O3S/c1-17(16(22)23)6-3-7-20(10-17)15(21)13-9-24-14(19-13)11-4-2-5-12(18)8-11/h2,4-5,8-9H,3,6-7,10H2,1H3,(H,22,23). The van der Waals surface area contributed by atoms with E-state index in [-0.39, 0.29) is 12.5 Å². The third kappa shape index (κ3) is 3.30. The first-order valence-corrected chi connectivity index (χ1v) is 8.89. The highest BCUT2D eigenvalue weighted by Gasteiger charge is 2.39. The highest BCUT2D eigenvalue weighted by atomic mass is 35.5. The molecule has 1 aromatic carbocycles. The van der Waals surface area contributed by atoms with Gasteiger partial charge in [-0.05, 0) is 31.9 Å². The van der Waals surface area contributed by atoms with E-state index in [1.807, 2.05) is 12.1 Å². The summed E-state index contributed by atoms with van der Waals surface area (Å²) in [6.45, 7) is 2.46. The van der Waals surface area contributed by atoms with Crippen molar-refractivity contribution in [2.24, 2.45) is 5.41 Å². The molecule has 1 unspecified atom stereocenters. The summed E-state index contributed by atoms with van der Waals surface area (Å²) in [5, 5.41) is 12.4. The van der Waals surface area contributed by atoms with E-state index in [0.29, 0.717) is 30.1 Å². The lowest BCUT2D eigenvalue weighted by Crippen LogP contribution is -2.48. The van der Waals surface area contributed by atoms with Gasteiger partial charge in [0.15, 0.2) is 0 Å². The quantitative estimate of drug-likeness (QED) is 0.899. The Labute approximate surface area is 148 Å². The average Bonchev–Trinajstić information content (AvgIpc) is 3.04. The summed E-state index contributed by atoms with van der Waals surface area (Å²) in [4.78, 5) is 30.1.